The zero-order valence-corrected chi connectivity index (χ0v) is 35.3. The van der Waals surface area contributed by atoms with Gasteiger partial charge >= 0.3 is 25.7 Å². The molecule has 0 aromatic rings. The first-order valence-electron chi connectivity index (χ1n) is 21.0. The Labute approximate surface area is 338 Å². The van der Waals surface area contributed by atoms with Crippen molar-refractivity contribution in [3.8, 4) is 0 Å². The van der Waals surface area contributed by atoms with Crippen molar-refractivity contribution in [3.05, 3.63) is 72.9 Å². The van der Waals surface area contributed by atoms with Crippen molar-refractivity contribution in [1.82, 2.24) is 0 Å². The second-order valence-corrected chi connectivity index (χ2v) is 15.3. The van der Waals surface area contributed by atoms with Crippen molar-refractivity contribution in [2.24, 2.45) is 5.73 Å². The summed E-state index contributed by atoms with van der Waals surface area (Å²) in [5.41, 5.74) is 5.32. The van der Waals surface area contributed by atoms with Crippen LogP contribution in [0.1, 0.15) is 155 Å². The van der Waals surface area contributed by atoms with Gasteiger partial charge < -0.3 is 25.2 Å². The molecule has 1 unspecified atom stereocenters. The molecule has 0 aromatic carbocycles. The molecular weight excluding hydrogens is 733 g/mol. The Morgan fingerprint density at radius 2 is 1.09 bits per heavy atom. The Bertz CT molecular complexity index is 1230. The van der Waals surface area contributed by atoms with Crippen LogP contribution in [0.5, 0.6) is 0 Å². The Balaban J connectivity index is 4.50. The maximum atomic E-state index is 12.6. The van der Waals surface area contributed by atoms with Gasteiger partial charge in [-0.05, 0) is 57.8 Å². The lowest BCUT2D eigenvalue weighted by Crippen LogP contribution is -2.34. The second-order valence-electron chi connectivity index (χ2n) is 13.8. The average molecular weight is 808 g/mol. The van der Waals surface area contributed by atoms with Crippen LogP contribution in [0.2, 0.25) is 0 Å². The van der Waals surface area contributed by atoms with E-state index in [9.17, 15) is 23.8 Å². The minimum absolute atomic E-state index is 0.123. The van der Waals surface area contributed by atoms with Gasteiger partial charge in [-0.15, -0.1) is 0 Å². The molecule has 12 heteroatoms. The quantitative estimate of drug-likeness (QED) is 0.0178. The average Bonchev–Trinajstić information content (AvgIpc) is 3.17. The lowest BCUT2D eigenvalue weighted by molar-refractivity contribution is -0.161. The zero-order chi connectivity index (χ0) is 41.4. The Morgan fingerprint density at radius 3 is 1.70 bits per heavy atom. The standard InChI is InChI=1S/C44H74NO10P/c1-3-5-7-9-11-13-15-17-19-20-22-23-25-27-29-31-33-35-42(46)52-37-40(38-53-56(50,51)54-39-41(45)44(48)49)55-43(47)36-34-32-30-28-26-24-21-18-16-14-12-10-8-6-4-2/h6,8,10,12,14,16,18,21-23,27,29,40-41H,3-5,7,9,11,13,15,17,19-20,24-26,28,30-39,45H2,1-2H3,(H,48,49)(H,50,51)/b8-6+,12-10+,16-14+,21-18+,23-22+,29-27+/t40-,41+/m1/s1. The number of carboxylic acids is 1. The Hall–Kier alpha value is -3.08. The van der Waals surface area contributed by atoms with Gasteiger partial charge in [0.1, 0.15) is 12.6 Å². The summed E-state index contributed by atoms with van der Waals surface area (Å²) in [4.78, 5) is 45.9. The van der Waals surface area contributed by atoms with Crippen molar-refractivity contribution in [1.29, 1.82) is 0 Å². The Kier molecular flexibility index (Phi) is 36.6. The monoisotopic (exact) mass is 808 g/mol. The van der Waals surface area contributed by atoms with E-state index in [0.717, 1.165) is 51.4 Å². The lowest BCUT2D eigenvalue weighted by atomic mass is 10.1. The molecule has 0 amide bonds. The number of hydrogen-bond acceptors (Lipinski definition) is 9. The molecule has 320 valence electrons. The van der Waals surface area contributed by atoms with Crippen molar-refractivity contribution in [2.75, 3.05) is 19.8 Å². The topological polar surface area (TPSA) is 172 Å². The molecule has 0 spiro atoms. The van der Waals surface area contributed by atoms with Crippen LogP contribution in [0.15, 0.2) is 72.9 Å². The Morgan fingerprint density at radius 1 is 0.589 bits per heavy atom. The van der Waals surface area contributed by atoms with Crippen LogP contribution >= 0.6 is 7.82 Å². The number of aliphatic carboxylic acids is 1. The van der Waals surface area contributed by atoms with Gasteiger partial charge in [0.05, 0.1) is 13.2 Å². The van der Waals surface area contributed by atoms with E-state index in [4.69, 9.17) is 24.8 Å². The molecule has 0 bridgehead atoms. The minimum atomic E-state index is -4.73. The molecule has 0 heterocycles. The molecule has 3 atom stereocenters. The van der Waals surface area contributed by atoms with Crippen molar-refractivity contribution < 1.29 is 47.5 Å². The maximum absolute atomic E-state index is 12.6. The number of phosphoric acid groups is 1. The van der Waals surface area contributed by atoms with Gasteiger partial charge in [0.2, 0.25) is 0 Å². The first kappa shape index (κ1) is 52.9. The van der Waals surface area contributed by atoms with E-state index in [1.54, 1.807) is 0 Å². The normalized spacial score (nSPS) is 14.5. The molecule has 0 aliphatic rings. The summed E-state index contributed by atoms with van der Waals surface area (Å²) in [5.74, 6) is -2.48. The van der Waals surface area contributed by atoms with Crippen LogP contribution in [0.3, 0.4) is 0 Å². The molecule has 0 rings (SSSR count). The number of unbranched alkanes of at least 4 members (excludes halogenated alkanes) is 15. The van der Waals surface area contributed by atoms with Crippen LogP contribution in [0, 0.1) is 0 Å². The molecule has 0 aliphatic heterocycles. The van der Waals surface area contributed by atoms with E-state index >= 15 is 0 Å². The largest absolute Gasteiger partial charge is 0.480 e. The maximum Gasteiger partial charge on any atom is 0.472 e. The summed E-state index contributed by atoms with van der Waals surface area (Å²) >= 11 is 0. The molecule has 0 saturated carbocycles. The van der Waals surface area contributed by atoms with E-state index < -0.39 is 51.1 Å². The van der Waals surface area contributed by atoms with E-state index in [-0.39, 0.29) is 19.4 Å². The molecule has 0 aromatic heterocycles. The minimum Gasteiger partial charge on any atom is -0.480 e. The first-order valence-corrected chi connectivity index (χ1v) is 22.5. The fourth-order valence-electron chi connectivity index (χ4n) is 5.23. The predicted octanol–water partition coefficient (Wildman–Crippen LogP) is 10.9. The van der Waals surface area contributed by atoms with Crippen LogP contribution in [0.25, 0.3) is 0 Å². The third kappa shape index (κ3) is 37.8. The highest BCUT2D eigenvalue weighted by Crippen LogP contribution is 2.43. The highest BCUT2D eigenvalue weighted by molar-refractivity contribution is 7.47. The van der Waals surface area contributed by atoms with Gasteiger partial charge in [0.25, 0.3) is 0 Å². The number of ether oxygens (including phenoxy) is 2. The first-order chi connectivity index (χ1) is 27.1. The van der Waals surface area contributed by atoms with Gasteiger partial charge in [-0.1, -0.05) is 157 Å². The van der Waals surface area contributed by atoms with Gasteiger partial charge in [0, 0.05) is 12.8 Å². The molecule has 0 fully saturated rings. The third-order valence-electron chi connectivity index (χ3n) is 8.53. The number of hydrogen-bond donors (Lipinski definition) is 3. The fraction of sp³-hybridized carbons (Fsp3) is 0.659. The molecule has 4 N–H and O–H groups in total. The van der Waals surface area contributed by atoms with E-state index in [1.807, 2.05) is 42.5 Å². The molecule has 0 saturated heterocycles. The summed E-state index contributed by atoms with van der Waals surface area (Å²) in [5, 5.41) is 8.88. The number of esters is 2. The third-order valence-corrected chi connectivity index (χ3v) is 9.48. The molecular formula is C44H74NO10P. The van der Waals surface area contributed by atoms with Gasteiger partial charge in [-0.25, -0.2) is 4.57 Å². The highest BCUT2D eigenvalue weighted by Gasteiger charge is 2.28. The van der Waals surface area contributed by atoms with E-state index in [0.29, 0.717) is 19.3 Å². The summed E-state index contributed by atoms with van der Waals surface area (Å²) in [6, 6.07) is -1.53. The molecule has 56 heavy (non-hydrogen) atoms. The number of carbonyl (C=O) groups is 3. The lowest BCUT2D eigenvalue weighted by Gasteiger charge is -2.20. The summed E-state index contributed by atoms with van der Waals surface area (Å²) < 4.78 is 32.6. The van der Waals surface area contributed by atoms with Gasteiger partial charge in [0.15, 0.2) is 6.10 Å². The number of carboxylic acid groups (broad SMARTS) is 1. The summed E-state index contributed by atoms with van der Waals surface area (Å²) in [6.07, 6.45) is 45.5. The number of carbonyl (C=O) groups excluding carboxylic acids is 2. The highest BCUT2D eigenvalue weighted by atomic mass is 31.2. The SMILES string of the molecule is CC/C=C/C=C/C=C/C=C/CCCCCCCC(=O)O[C@H](COC(=O)CCC/C=C/C/C=C/CCCCCCCCCCC)COP(=O)(O)OC[C@H](N)C(=O)O. The van der Waals surface area contributed by atoms with Crippen molar-refractivity contribution >= 4 is 25.7 Å². The van der Waals surface area contributed by atoms with E-state index in [2.05, 4.69) is 48.8 Å². The second kappa shape index (κ2) is 38.8. The number of phosphoric ester groups is 1. The number of nitrogens with two attached hydrogens (primary N) is 1. The molecule has 11 nitrogen and oxygen atoms in total. The predicted molar refractivity (Wildman–Crippen MR) is 226 cm³/mol. The zero-order valence-electron chi connectivity index (χ0n) is 34.4. The van der Waals surface area contributed by atoms with Crippen molar-refractivity contribution in [2.45, 2.75) is 167 Å². The van der Waals surface area contributed by atoms with Gasteiger partial charge in [-0.3, -0.25) is 23.4 Å². The van der Waals surface area contributed by atoms with Crippen LogP contribution in [-0.2, 0) is 37.5 Å². The van der Waals surface area contributed by atoms with Crippen LogP contribution in [-0.4, -0.2) is 59.9 Å². The number of rotatable bonds is 38. The van der Waals surface area contributed by atoms with Crippen molar-refractivity contribution in [3.63, 3.8) is 0 Å². The van der Waals surface area contributed by atoms with Crippen LogP contribution in [0.4, 0.5) is 0 Å². The fourth-order valence-corrected chi connectivity index (χ4v) is 6.01. The van der Waals surface area contributed by atoms with E-state index in [1.165, 1.54) is 57.8 Å². The molecule has 0 aliphatic carbocycles. The number of allylic oxidation sites excluding steroid dienone is 12. The molecule has 0 radical (unpaired) electrons. The summed E-state index contributed by atoms with van der Waals surface area (Å²) in [7, 11) is -4.73. The van der Waals surface area contributed by atoms with Crippen LogP contribution < -0.4 is 5.73 Å². The summed E-state index contributed by atoms with van der Waals surface area (Å²) in [6.45, 7) is 2.58. The van der Waals surface area contributed by atoms with Gasteiger partial charge in [-0.2, -0.15) is 0 Å². The smallest absolute Gasteiger partial charge is 0.472 e.